The third kappa shape index (κ3) is 1.24. The second-order valence-corrected chi connectivity index (χ2v) is 3.26. The van der Waals surface area contributed by atoms with Gasteiger partial charge in [0, 0.05) is 6.20 Å². The lowest BCUT2D eigenvalue weighted by atomic mass is 10.4. The summed E-state index contributed by atoms with van der Waals surface area (Å²) in [5.41, 5.74) is 0. The minimum absolute atomic E-state index is 0.845. The molecule has 0 spiro atoms. The number of allylic oxidation sites excluding steroid dienone is 1. The van der Waals surface area contributed by atoms with E-state index in [0.717, 1.165) is 16.9 Å². The molecule has 0 bridgehead atoms. The topological polar surface area (TPSA) is 21.3 Å². The van der Waals surface area contributed by atoms with Crippen LogP contribution < -0.4 is 5.32 Å². The van der Waals surface area contributed by atoms with Crippen LogP contribution in [-0.4, -0.2) is 0 Å². The van der Waals surface area contributed by atoms with Gasteiger partial charge < -0.3 is 10.1 Å². The van der Waals surface area contributed by atoms with Gasteiger partial charge in [0.1, 0.15) is 5.76 Å². The fourth-order valence-corrected chi connectivity index (χ4v) is 1.58. The molecule has 0 fully saturated rings. The normalized spacial score (nSPS) is 17.4. The Kier molecular flexibility index (Phi) is 1.58. The number of nitrogens with one attached hydrogen (secondary N) is 1. The zero-order chi connectivity index (χ0) is 7.68. The summed E-state index contributed by atoms with van der Waals surface area (Å²) in [7, 11) is 0. The Morgan fingerprint density at radius 3 is 3.00 bits per heavy atom. The Morgan fingerprint density at radius 2 is 2.45 bits per heavy atom. The van der Waals surface area contributed by atoms with Gasteiger partial charge in [0.05, 0.1) is 4.88 Å². The summed E-state index contributed by atoms with van der Waals surface area (Å²) in [6, 6.07) is 4.03. The lowest BCUT2D eigenvalue weighted by molar-refractivity contribution is 0.258. The summed E-state index contributed by atoms with van der Waals surface area (Å²) in [6.45, 7) is 1.92. The molecule has 0 aromatic carbocycles. The Hall–Kier alpha value is -0.960. The van der Waals surface area contributed by atoms with Gasteiger partial charge in [-0.05, 0) is 18.4 Å². The first-order valence-corrected chi connectivity index (χ1v) is 4.26. The smallest absolute Gasteiger partial charge is 0.280 e. The molecule has 0 amide bonds. The molecule has 1 aromatic heterocycles. The molecule has 1 aromatic rings. The van der Waals surface area contributed by atoms with Crippen LogP contribution in [0.4, 0.5) is 0 Å². The molecule has 3 heteroatoms. The zero-order valence-electron chi connectivity index (χ0n) is 6.13. The van der Waals surface area contributed by atoms with E-state index in [1.807, 2.05) is 30.6 Å². The second-order valence-electron chi connectivity index (χ2n) is 2.31. The Labute approximate surface area is 69.5 Å². The van der Waals surface area contributed by atoms with Crippen LogP contribution in [-0.2, 0) is 4.74 Å². The van der Waals surface area contributed by atoms with Crippen molar-refractivity contribution in [1.29, 1.82) is 0 Å². The maximum Gasteiger partial charge on any atom is 0.280 e. The SMILES string of the molecule is CC1=CN[C](c2cccs2)O1. The van der Waals surface area contributed by atoms with E-state index >= 15 is 0 Å². The molecule has 2 heterocycles. The molecule has 1 aliphatic heterocycles. The lowest BCUT2D eigenvalue weighted by Gasteiger charge is -2.06. The molecule has 2 rings (SSSR count). The van der Waals surface area contributed by atoms with E-state index in [1.54, 1.807) is 11.3 Å². The van der Waals surface area contributed by atoms with Crippen LogP contribution in [0.15, 0.2) is 29.5 Å². The van der Waals surface area contributed by atoms with E-state index in [-0.39, 0.29) is 0 Å². The van der Waals surface area contributed by atoms with Crippen molar-refractivity contribution in [3.05, 3.63) is 40.6 Å². The van der Waals surface area contributed by atoms with Gasteiger partial charge in [-0.2, -0.15) is 0 Å². The van der Waals surface area contributed by atoms with E-state index in [0.29, 0.717) is 0 Å². The molecule has 0 unspecified atom stereocenters. The van der Waals surface area contributed by atoms with Crippen LogP contribution in [0.2, 0.25) is 0 Å². The molecule has 57 valence electrons. The third-order valence-corrected chi connectivity index (χ3v) is 2.28. The molecular weight excluding hydrogens is 158 g/mol. The summed E-state index contributed by atoms with van der Waals surface area (Å²) in [6.07, 6.45) is 2.70. The lowest BCUT2D eigenvalue weighted by Crippen LogP contribution is -2.10. The van der Waals surface area contributed by atoms with Crippen molar-refractivity contribution >= 4 is 11.3 Å². The molecular formula is C8H8NOS. The molecule has 0 aliphatic carbocycles. The number of hydrogen-bond donors (Lipinski definition) is 1. The van der Waals surface area contributed by atoms with Crippen LogP contribution in [0.3, 0.4) is 0 Å². The van der Waals surface area contributed by atoms with Crippen molar-refractivity contribution in [3.8, 4) is 0 Å². The van der Waals surface area contributed by atoms with Gasteiger partial charge in [-0.15, -0.1) is 11.3 Å². The minimum atomic E-state index is 0.845. The Balaban J connectivity index is 2.11. The molecule has 1 radical (unpaired) electrons. The fraction of sp³-hybridized carbons (Fsp3) is 0.125. The Morgan fingerprint density at radius 1 is 1.55 bits per heavy atom. The van der Waals surface area contributed by atoms with Crippen molar-refractivity contribution in [2.75, 3.05) is 0 Å². The van der Waals surface area contributed by atoms with Crippen molar-refractivity contribution in [3.63, 3.8) is 0 Å². The van der Waals surface area contributed by atoms with Crippen molar-refractivity contribution in [2.45, 2.75) is 6.92 Å². The van der Waals surface area contributed by atoms with Gasteiger partial charge in [-0.25, -0.2) is 0 Å². The Bertz CT molecular complexity index is 266. The van der Waals surface area contributed by atoms with Crippen molar-refractivity contribution in [2.24, 2.45) is 0 Å². The van der Waals surface area contributed by atoms with Gasteiger partial charge >= 0.3 is 0 Å². The first-order chi connectivity index (χ1) is 5.36. The first-order valence-electron chi connectivity index (χ1n) is 3.38. The summed E-state index contributed by atoms with van der Waals surface area (Å²) in [5, 5.41) is 5.08. The van der Waals surface area contributed by atoms with Gasteiger partial charge in [-0.1, -0.05) is 6.07 Å². The van der Waals surface area contributed by atoms with E-state index in [9.17, 15) is 0 Å². The monoisotopic (exact) mass is 166 g/mol. The second kappa shape index (κ2) is 2.58. The maximum atomic E-state index is 5.38. The average Bonchev–Trinajstić information content (AvgIpc) is 2.55. The molecule has 2 nitrogen and oxygen atoms in total. The molecule has 0 saturated carbocycles. The predicted molar refractivity (Wildman–Crippen MR) is 44.6 cm³/mol. The highest BCUT2D eigenvalue weighted by Crippen LogP contribution is 2.24. The summed E-state index contributed by atoms with van der Waals surface area (Å²) in [5.74, 6) is 0.911. The molecule has 0 saturated heterocycles. The number of ether oxygens (including phenoxy) is 1. The van der Waals surface area contributed by atoms with Crippen molar-refractivity contribution in [1.82, 2.24) is 5.32 Å². The molecule has 1 aliphatic rings. The first kappa shape index (κ1) is 6.73. The van der Waals surface area contributed by atoms with Gasteiger partial charge in [0.2, 0.25) is 0 Å². The fourth-order valence-electron chi connectivity index (χ4n) is 0.916. The van der Waals surface area contributed by atoms with Crippen LogP contribution in [0, 0.1) is 6.23 Å². The zero-order valence-corrected chi connectivity index (χ0v) is 6.94. The maximum absolute atomic E-state index is 5.38. The van der Waals surface area contributed by atoms with Gasteiger partial charge in [0.25, 0.3) is 6.23 Å². The van der Waals surface area contributed by atoms with E-state index < -0.39 is 0 Å². The van der Waals surface area contributed by atoms with Gasteiger partial charge in [-0.3, -0.25) is 0 Å². The number of hydrogen-bond acceptors (Lipinski definition) is 3. The van der Waals surface area contributed by atoms with E-state index in [1.165, 1.54) is 0 Å². The highest BCUT2D eigenvalue weighted by atomic mass is 32.1. The number of rotatable bonds is 1. The van der Waals surface area contributed by atoms with Gasteiger partial charge in [0.15, 0.2) is 0 Å². The van der Waals surface area contributed by atoms with E-state index in [4.69, 9.17) is 4.74 Å². The predicted octanol–water partition coefficient (Wildman–Crippen LogP) is 2.07. The molecule has 0 atom stereocenters. The highest BCUT2D eigenvalue weighted by molar-refractivity contribution is 7.10. The molecule has 11 heavy (non-hydrogen) atoms. The highest BCUT2D eigenvalue weighted by Gasteiger charge is 2.19. The summed E-state index contributed by atoms with van der Waals surface area (Å²) >= 11 is 1.66. The van der Waals surface area contributed by atoms with Crippen LogP contribution in [0.25, 0.3) is 0 Å². The van der Waals surface area contributed by atoms with Crippen LogP contribution >= 0.6 is 11.3 Å². The standard InChI is InChI=1S/C8H8NOS/c1-6-5-9-8(10-6)7-3-2-4-11-7/h2-5,9H,1H3. The largest absolute Gasteiger partial charge is 0.459 e. The van der Waals surface area contributed by atoms with E-state index in [2.05, 4.69) is 5.32 Å². The minimum Gasteiger partial charge on any atom is -0.459 e. The number of thiophene rings is 1. The quantitative estimate of drug-likeness (QED) is 0.689. The summed E-state index contributed by atoms with van der Waals surface area (Å²) in [4.78, 5) is 1.14. The van der Waals surface area contributed by atoms with Crippen LogP contribution in [0.1, 0.15) is 11.8 Å². The average molecular weight is 166 g/mol. The third-order valence-electron chi connectivity index (χ3n) is 1.41. The summed E-state index contributed by atoms with van der Waals surface area (Å²) < 4.78 is 5.38. The van der Waals surface area contributed by atoms with Crippen LogP contribution in [0.5, 0.6) is 0 Å². The van der Waals surface area contributed by atoms with Crippen molar-refractivity contribution < 1.29 is 4.74 Å². The molecule has 1 N–H and O–H groups in total.